The van der Waals surface area contributed by atoms with Crippen LogP contribution in [0.4, 0.5) is 4.79 Å². The Kier molecular flexibility index (Phi) is 3.89. The Hall–Kier alpha value is -1.23. The molecule has 5 heteroatoms. The Balaban J connectivity index is 1.83. The van der Waals surface area contributed by atoms with E-state index in [0.717, 1.165) is 10.2 Å². The van der Waals surface area contributed by atoms with E-state index in [4.69, 9.17) is 9.47 Å². The van der Waals surface area contributed by atoms with Crippen molar-refractivity contribution in [3.63, 3.8) is 0 Å². The maximum Gasteiger partial charge on any atom is 0.410 e. The molecule has 17 heavy (non-hydrogen) atoms. The number of amides is 1. The number of benzene rings is 1. The smallest absolute Gasteiger partial charge is 0.410 e. The van der Waals surface area contributed by atoms with Gasteiger partial charge in [-0.1, -0.05) is 15.9 Å². The highest BCUT2D eigenvalue weighted by molar-refractivity contribution is 9.10. The summed E-state index contributed by atoms with van der Waals surface area (Å²) < 4.78 is 11.7. The summed E-state index contributed by atoms with van der Waals surface area (Å²) in [4.78, 5) is 13.0. The van der Waals surface area contributed by atoms with Crippen molar-refractivity contribution in [1.29, 1.82) is 0 Å². The van der Waals surface area contributed by atoms with Crippen molar-refractivity contribution in [3.8, 4) is 5.75 Å². The average Bonchev–Trinajstić information content (AvgIpc) is 2.69. The Morgan fingerprint density at radius 1 is 1.47 bits per heavy atom. The van der Waals surface area contributed by atoms with Gasteiger partial charge in [0.15, 0.2) is 6.10 Å². The molecule has 1 atom stereocenters. The maximum absolute atomic E-state index is 11.3. The van der Waals surface area contributed by atoms with Crippen LogP contribution in [0, 0.1) is 0 Å². The molecule has 0 aliphatic carbocycles. The number of rotatable bonds is 4. The Bertz CT molecular complexity index is 393. The molecule has 1 heterocycles. The summed E-state index contributed by atoms with van der Waals surface area (Å²) in [5, 5.41) is 0. The number of ether oxygens (including phenoxy) is 2. The van der Waals surface area contributed by atoms with Crippen molar-refractivity contribution in [2.75, 3.05) is 19.7 Å². The first-order valence-corrected chi connectivity index (χ1v) is 6.32. The lowest BCUT2D eigenvalue weighted by molar-refractivity contribution is 0.103. The van der Waals surface area contributed by atoms with Gasteiger partial charge in [0, 0.05) is 11.0 Å². The van der Waals surface area contributed by atoms with Crippen molar-refractivity contribution >= 4 is 22.0 Å². The van der Waals surface area contributed by atoms with Crippen molar-refractivity contribution < 1.29 is 14.3 Å². The molecule has 92 valence electrons. The van der Waals surface area contributed by atoms with Gasteiger partial charge in [-0.3, -0.25) is 0 Å². The van der Waals surface area contributed by atoms with E-state index < -0.39 is 0 Å². The molecule has 2 rings (SSSR count). The topological polar surface area (TPSA) is 38.8 Å². The molecule has 0 radical (unpaired) electrons. The van der Waals surface area contributed by atoms with Gasteiger partial charge in [-0.15, -0.1) is 0 Å². The van der Waals surface area contributed by atoms with Gasteiger partial charge < -0.3 is 14.4 Å². The van der Waals surface area contributed by atoms with Crippen LogP contribution in [0.1, 0.15) is 6.92 Å². The maximum atomic E-state index is 11.3. The van der Waals surface area contributed by atoms with Gasteiger partial charge in [-0.2, -0.15) is 0 Å². The first-order valence-electron chi connectivity index (χ1n) is 5.53. The molecule has 1 amide bonds. The highest BCUT2D eigenvalue weighted by Crippen LogP contribution is 2.17. The molecular weight excluding hydrogens is 286 g/mol. The minimum absolute atomic E-state index is 0.175. The molecule has 1 aliphatic heterocycles. The van der Waals surface area contributed by atoms with Crippen molar-refractivity contribution in [1.82, 2.24) is 4.90 Å². The van der Waals surface area contributed by atoms with Crippen LogP contribution in [-0.4, -0.2) is 36.8 Å². The van der Waals surface area contributed by atoms with Crippen LogP contribution in [0.5, 0.6) is 5.75 Å². The third kappa shape index (κ3) is 3.12. The molecule has 1 fully saturated rings. The fourth-order valence-corrected chi connectivity index (χ4v) is 1.90. The molecule has 1 aromatic rings. The molecular formula is C12H14BrNO3. The van der Waals surface area contributed by atoms with Gasteiger partial charge >= 0.3 is 6.09 Å². The second kappa shape index (κ2) is 5.40. The summed E-state index contributed by atoms with van der Waals surface area (Å²) in [6.07, 6.45) is -0.428. The summed E-state index contributed by atoms with van der Waals surface area (Å²) in [6.45, 7) is 3.60. The zero-order valence-electron chi connectivity index (χ0n) is 9.56. The predicted molar refractivity (Wildman–Crippen MR) is 67.2 cm³/mol. The molecule has 0 bridgehead atoms. The summed E-state index contributed by atoms with van der Waals surface area (Å²) in [5.41, 5.74) is 0. The number of likely N-dealkylation sites (N-methyl/N-ethyl adjacent to an activating group) is 1. The molecule has 0 saturated carbocycles. The van der Waals surface area contributed by atoms with E-state index in [0.29, 0.717) is 19.7 Å². The van der Waals surface area contributed by atoms with Gasteiger partial charge in [-0.25, -0.2) is 4.79 Å². The second-order valence-corrected chi connectivity index (χ2v) is 4.73. The lowest BCUT2D eigenvalue weighted by Crippen LogP contribution is -2.26. The third-order valence-electron chi connectivity index (χ3n) is 2.58. The minimum atomic E-state index is -0.253. The van der Waals surface area contributed by atoms with Gasteiger partial charge in [0.05, 0.1) is 6.54 Å². The van der Waals surface area contributed by atoms with Crippen molar-refractivity contribution in [2.24, 2.45) is 0 Å². The van der Waals surface area contributed by atoms with E-state index in [1.165, 1.54) is 0 Å². The van der Waals surface area contributed by atoms with Crippen LogP contribution in [-0.2, 0) is 4.74 Å². The monoisotopic (exact) mass is 299 g/mol. The quantitative estimate of drug-likeness (QED) is 0.858. The molecule has 1 saturated heterocycles. The largest absolute Gasteiger partial charge is 0.490 e. The summed E-state index contributed by atoms with van der Waals surface area (Å²) in [5.74, 6) is 0.777. The first-order chi connectivity index (χ1) is 8.19. The van der Waals surface area contributed by atoms with Gasteiger partial charge in [0.1, 0.15) is 12.4 Å². The van der Waals surface area contributed by atoms with E-state index in [1.807, 2.05) is 31.2 Å². The van der Waals surface area contributed by atoms with E-state index >= 15 is 0 Å². The predicted octanol–water partition coefficient (Wildman–Crippen LogP) is 2.67. The number of carbonyl (C=O) groups is 1. The molecule has 1 unspecified atom stereocenters. The lowest BCUT2D eigenvalue weighted by atomic mass is 10.3. The number of cyclic esters (lactones) is 1. The van der Waals surface area contributed by atoms with E-state index in [-0.39, 0.29) is 12.2 Å². The Morgan fingerprint density at radius 2 is 2.18 bits per heavy atom. The lowest BCUT2D eigenvalue weighted by Gasteiger charge is -2.10. The van der Waals surface area contributed by atoms with E-state index in [1.54, 1.807) is 4.90 Å². The summed E-state index contributed by atoms with van der Waals surface area (Å²) in [7, 11) is 0. The first kappa shape index (κ1) is 12.2. The molecule has 1 aliphatic rings. The average molecular weight is 300 g/mol. The summed E-state index contributed by atoms with van der Waals surface area (Å²) >= 11 is 3.36. The number of halogens is 1. The second-order valence-electron chi connectivity index (χ2n) is 3.81. The molecule has 4 nitrogen and oxygen atoms in total. The van der Waals surface area contributed by atoms with Crippen LogP contribution >= 0.6 is 15.9 Å². The fraction of sp³-hybridized carbons (Fsp3) is 0.417. The van der Waals surface area contributed by atoms with Crippen LogP contribution in [0.15, 0.2) is 28.7 Å². The number of nitrogens with zero attached hydrogens (tertiary/aromatic N) is 1. The summed E-state index contributed by atoms with van der Waals surface area (Å²) in [6, 6.07) is 7.57. The minimum Gasteiger partial charge on any atom is -0.490 e. The highest BCUT2D eigenvalue weighted by atomic mass is 79.9. The number of hydrogen-bond acceptors (Lipinski definition) is 3. The van der Waals surface area contributed by atoms with Gasteiger partial charge in [0.2, 0.25) is 0 Å². The van der Waals surface area contributed by atoms with E-state index in [9.17, 15) is 4.79 Å². The van der Waals surface area contributed by atoms with Crippen molar-refractivity contribution in [2.45, 2.75) is 13.0 Å². The standard InChI is InChI=1S/C12H14BrNO3/c1-2-14-7-11(17-12(14)15)8-16-10-5-3-9(13)4-6-10/h3-6,11H,2,7-8H2,1H3. The van der Waals surface area contributed by atoms with Gasteiger partial charge in [-0.05, 0) is 31.2 Å². The number of hydrogen-bond donors (Lipinski definition) is 0. The van der Waals surface area contributed by atoms with Crippen LogP contribution < -0.4 is 4.74 Å². The Morgan fingerprint density at radius 3 is 2.76 bits per heavy atom. The zero-order valence-corrected chi connectivity index (χ0v) is 11.1. The van der Waals surface area contributed by atoms with Crippen molar-refractivity contribution in [3.05, 3.63) is 28.7 Å². The Labute approximate surface area is 109 Å². The zero-order chi connectivity index (χ0) is 12.3. The highest BCUT2D eigenvalue weighted by Gasteiger charge is 2.30. The molecule has 0 aromatic heterocycles. The SMILES string of the molecule is CCN1CC(COc2ccc(Br)cc2)OC1=O. The van der Waals surface area contributed by atoms with Crippen LogP contribution in [0.25, 0.3) is 0 Å². The van der Waals surface area contributed by atoms with Crippen LogP contribution in [0.3, 0.4) is 0 Å². The van der Waals surface area contributed by atoms with Gasteiger partial charge in [0.25, 0.3) is 0 Å². The van der Waals surface area contributed by atoms with E-state index in [2.05, 4.69) is 15.9 Å². The number of carbonyl (C=O) groups excluding carboxylic acids is 1. The third-order valence-corrected chi connectivity index (χ3v) is 3.11. The molecule has 0 spiro atoms. The molecule has 0 N–H and O–H groups in total. The fourth-order valence-electron chi connectivity index (χ4n) is 1.64. The normalized spacial score (nSPS) is 19.3. The molecule has 1 aromatic carbocycles. The van der Waals surface area contributed by atoms with Crippen LogP contribution in [0.2, 0.25) is 0 Å².